The van der Waals surface area contributed by atoms with E-state index in [0.29, 0.717) is 18.8 Å². The van der Waals surface area contributed by atoms with Gasteiger partial charge in [0, 0.05) is 29.2 Å². The SMILES string of the molecule is COc1ccccc1CN(CC(=O)Nc1ccc(S(=O)(=O)C(F)F)cc1)Cc1cccs1. The molecule has 170 valence electrons. The topological polar surface area (TPSA) is 75.7 Å². The third kappa shape index (κ3) is 6.12. The number of halogens is 2. The maximum atomic E-state index is 12.7. The smallest absolute Gasteiger partial charge is 0.341 e. The highest BCUT2D eigenvalue weighted by Crippen LogP contribution is 2.22. The minimum Gasteiger partial charge on any atom is -0.496 e. The number of carbonyl (C=O) groups excluding carboxylic acids is 1. The average molecular weight is 481 g/mol. The Hall–Kier alpha value is -2.82. The third-order valence-electron chi connectivity index (χ3n) is 4.61. The van der Waals surface area contributed by atoms with Gasteiger partial charge in [-0.3, -0.25) is 9.69 Å². The minimum atomic E-state index is -4.68. The van der Waals surface area contributed by atoms with Crippen LogP contribution in [0, 0.1) is 0 Å². The van der Waals surface area contributed by atoms with E-state index in [0.717, 1.165) is 28.3 Å². The Labute approximate surface area is 189 Å². The number of alkyl halides is 2. The molecular weight excluding hydrogens is 458 g/mol. The van der Waals surface area contributed by atoms with Gasteiger partial charge in [0.2, 0.25) is 15.7 Å². The zero-order valence-corrected chi connectivity index (χ0v) is 18.8. The summed E-state index contributed by atoms with van der Waals surface area (Å²) in [4.78, 5) is 15.2. The van der Waals surface area contributed by atoms with E-state index in [-0.39, 0.29) is 12.5 Å². The lowest BCUT2D eigenvalue weighted by Gasteiger charge is -2.22. The van der Waals surface area contributed by atoms with Crippen molar-refractivity contribution >= 4 is 32.8 Å². The van der Waals surface area contributed by atoms with Gasteiger partial charge in [0.05, 0.1) is 18.6 Å². The van der Waals surface area contributed by atoms with Crippen LogP contribution in [0.4, 0.5) is 14.5 Å². The molecule has 2 aromatic carbocycles. The number of anilines is 1. The van der Waals surface area contributed by atoms with Crippen LogP contribution < -0.4 is 10.1 Å². The summed E-state index contributed by atoms with van der Waals surface area (Å²) in [5.74, 6) is -3.09. The van der Waals surface area contributed by atoms with E-state index in [9.17, 15) is 22.0 Å². The predicted octanol–water partition coefficient (Wildman–Crippen LogP) is 4.39. The second-order valence-electron chi connectivity index (χ2n) is 6.91. The van der Waals surface area contributed by atoms with Crippen LogP contribution in [0.15, 0.2) is 70.9 Å². The van der Waals surface area contributed by atoms with Crippen molar-refractivity contribution < 1.29 is 26.7 Å². The van der Waals surface area contributed by atoms with Crippen molar-refractivity contribution in [2.75, 3.05) is 19.0 Å². The van der Waals surface area contributed by atoms with Gasteiger partial charge in [0.25, 0.3) is 0 Å². The average Bonchev–Trinajstić information content (AvgIpc) is 3.27. The van der Waals surface area contributed by atoms with Crippen LogP contribution in [-0.2, 0) is 27.7 Å². The van der Waals surface area contributed by atoms with Crippen molar-refractivity contribution in [3.63, 3.8) is 0 Å². The molecule has 0 fully saturated rings. The summed E-state index contributed by atoms with van der Waals surface area (Å²) in [6.07, 6.45) is 0. The number of nitrogens with one attached hydrogen (secondary N) is 1. The number of hydrogen-bond acceptors (Lipinski definition) is 6. The molecule has 0 atom stereocenters. The Morgan fingerprint density at radius 2 is 1.78 bits per heavy atom. The molecule has 0 saturated carbocycles. The van der Waals surface area contributed by atoms with Gasteiger partial charge in [-0.05, 0) is 41.8 Å². The summed E-state index contributed by atoms with van der Waals surface area (Å²) in [7, 11) is -3.09. The van der Waals surface area contributed by atoms with E-state index in [1.165, 1.54) is 12.1 Å². The quantitative estimate of drug-likeness (QED) is 0.466. The molecule has 32 heavy (non-hydrogen) atoms. The van der Waals surface area contributed by atoms with E-state index in [2.05, 4.69) is 5.32 Å². The second-order valence-corrected chi connectivity index (χ2v) is 9.86. The summed E-state index contributed by atoms with van der Waals surface area (Å²) < 4.78 is 53.8. The lowest BCUT2D eigenvalue weighted by molar-refractivity contribution is -0.117. The monoisotopic (exact) mass is 480 g/mol. The Morgan fingerprint density at radius 3 is 2.41 bits per heavy atom. The number of para-hydroxylation sites is 1. The first-order valence-electron chi connectivity index (χ1n) is 9.58. The van der Waals surface area contributed by atoms with Crippen LogP contribution in [0.2, 0.25) is 0 Å². The van der Waals surface area contributed by atoms with Gasteiger partial charge >= 0.3 is 5.76 Å². The number of carbonyl (C=O) groups is 1. The van der Waals surface area contributed by atoms with E-state index in [4.69, 9.17) is 4.74 Å². The van der Waals surface area contributed by atoms with Crippen molar-refractivity contribution in [2.24, 2.45) is 0 Å². The molecule has 1 heterocycles. The molecule has 1 amide bonds. The summed E-state index contributed by atoms with van der Waals surface area (Å²) in [6, 6.07) is 16.2. The molecule has 3 aromatic rings. The molecule has 0 unspecified atom stereocenters. The van der Waals surface area contributed by atoms with Gasteiger partial charge in [-0.1, -0.05) is 24.3 Å². The van der Waals surface area contributed by atoms with E-state index >= 15 is 0 Å². The van der Waals surface area contributed by atoms with Crippen LogP contribution in [0.3, 0.4) is 0 Å². The molecule has 3 rings (SSSR count). The molecule has 0 radical (unpaired) electrons. The Bertz CT molecular complexity index is 1140. The lowest BCUT2D eigenvalue weighted by atomic mass is 10.2. The molecular formula is C22H22F2N2O4S2. The molecule has 0 spiro atoms. The maximum Gasteiger partial charge on any atom is 0.341 e. The number of sulfone groups is 1. The fourth-order valence-electron chi connectivity index (χ4n) is 3.10. The van der Waals surface area contributed by atoms with Crippen LogP contribution in [0.25, 0.3) is 0 Å². The number of nitrogens with zero attached hydrogens (tertiary/aromatic N) is 1. The number of ether oxygens (including phenoxy) is 1. The van der Waals surface area contributed by atoms with Crippen molar-refractivity contribution in [3.05, 3.63) is 76.5 Å². The standard InChI is InChI=1S/C22H22F2N2O4S2/c1-30-20-7-3-2-5-16(20)13-26(14-18-6-4-12-31-18)15-21(27)25-17-8-10-19(11-9-17)32(28,29)22(23)24/h2-12,22H,13-15H2,1H3,(H,25,27). The summed E-state index contributed by atoms with van der Waals surface area (Å²) in [5, 5.41) is 4.65. The van der Waals surface area contributed by atoms with Crippen LogP contribution >= 0.6 is 11.3 Å². The zero-order chi connectivity index (χ0) is 23.1. The number of methoxy groups -OCH3 is 1. The molecule has 0 aliphatic rings. The van der Waals surface area contributed by atoms with Crippen LogP contribution in [0.5, 0.6) is 5.75 Å². The van der Waals surface area contributed by atoms with Crippen LogP contribution in [-0.4, -0.2) is 38.6 Å². The van der Waals surface area contributed by atoms with Gasteiger partial charge in [0.1, 0.15) is 5.75 Å². The molecule has 0 aliphatic carbocycles. The molecule has 0 aliphatic heterocycles. The molecule has 6 nitrogen and oxygen atoms in total. The van der Waals surface area contributed by atoms with Crippen molar-refractivity contribution in [2.45, 2.75) is 23.7 Å². The van der Waals surface area contributed by atoms with Crippen LogP contribution in [0.1, 0.15) is 10.4 Å². The molecule has 0 bridgehead atoms. The highest BCUT2D eigenvalue weighted by atomic mass is 32.2. The van der Waals surface area contributed by atoms with Crippen molar-refractivity contribution in [1.29, 1.82) is 0 Å². The predicted molar refractivity (Wildman–Crippen MR) is 120 cm³/mol. The lowest BCUT2D eigenvalue weighted by Crippen LogP contribution is -2.32. The normalized spacial score (nSPS) is 11.7. The highest BCUT2D eigenvalue weighted by Gasteiger charge is 2.26. The fourth-order valence-corrected chi connectivity index (χ4v) is 4.57. The minimum absolute atomic E-state index is 0.0625. The van der Waals surface area contributed by atoms with Gasteiger partial charge in [-0.15, -0.1) is 11.3 Å². The number of hydrogen-bond donors (Lipinski definition) is 1. The highest BCUT2D eigenvalue weighted by molar-refractivity contribution is 7.91. The number of amides is 1. The van der Waals surface area contributed by atoms with Crippen molar-refractivity contribution in [1.82, 2.24) is 4.90 Å². The Balaban J connectivity index is 1.70. The Kier molecular flexibility index (Phi) is 7.94. The van der Waals surface area contributed by atoms with E-state index < -0.39 is 20.5 Å². The molecule has 10 heteroatoms. The van der Waals surface area contributed by atoms with E-state index in [1.54, 1.807) is 18.4 Å². The fraction of sp³-hybridized carbons (Fsp3) is 0.227. The largest absolute Gasteiger partial charge is 0.496 e. The first kappa shape index (κ1) is 23.8. The van der Waals surface area contributed by atoms with E-state index in [1.807, 2.05) is 46.7 Å². The zero-order valence-electron chi connectivity index (χ0n) is 17.2. The number of rotatable bonds is 10. The van der Waals surface area contributed by atoms with Gasteiger partial charge in [-0.25, -0.2) is 8.42 Å². The van der Waals surface area contributed by atoms with Gasteiger partial charge < -0.3 is 10.1 Å². The first-order chi connectivity index (χ1) is 15.3. The summed E-state index contributed by atoms with van der Waals surface area (Å²) in [6.45, 7) is 1.09. The third-order valence-corrected chi connectivity index (χ3v) is 6.87. The Morgan fingerprint density at radius 1 is 1.06 bits per heavy atom. The molecule has 1 N–H and O–H groups in total. The van der Waals surface area contributed by atoms with Crippen molar-refractivity contribution in [3.8, 4) is 5.75 Å². The molecule has 1 aromatic heterocycles. The maximum absolute atomic E-state index is 12.7. The molecule has 0 saturated heterocycles. The van der Waals surface area contributed by atoms with Gasteiger partial charge in [0.15, 0.2) is 0 Å². The first-order valence-corrected chi connectivity index (χ1v) is 12.0. The second kappa shape index (κ2) is 10.7. The number of benzene rings is 2. The summed E-state index contributed by atoms with van der Waals surface area (Å²) >= 11 is 1.59. The van der Waals surface area contributed by atoms with Gasteiger partial charge in [-0.2, -0.15) is 8.78 Å². The summed E-state index contributed by atoms with van der Waals surface area (Å²) in [5.41, 5.74) is 1.25. The number of thiophene rings is 1.